The highest BCUT2D eigenvalue weighted by Crippen LogP contribution is 2.44. The Labute approximate surface area is 182 Å². The molecule has 3 aromatic carbocycles. The van der Waals surface area contributed by atoms with Crippen LogP contribution in [0, 0.1) is 10.1 Å². The second-order valence-corrected chi connectivity index (χ2v) is 7.70. The Morgan fingerprint density at radius 2 is 1.77 bits per heavy atom. The average Bonchev–Trinajstić information content (AvgIpc) is 2.76. The van der Waals surface area contributed by atoms with Crippen LogP contribution >= 0.6 is 11.6 Å². The number of carbonyl (C=O) groups is 2. The summed E-state index contributed by atoms with van der Waals surface area (Å²) in [5.74, 6) is -2.53. The molecule has 0 unspecified atom stereocenters. The van der Waals surface area contributed by atoms with E-state index in [1.165, 1.54) is 23.1 Å². The second-order valence-electron chi connectivity index (χ2n) is 7.26. The molecule has 0 fully saturated rings. The minimum Gasteiger partial charge on any atom is -0.481 e. The van der Waals surface area contributed by atoms with Gasteiger partial charge in [0.15, 0.2) is 0 Å². The number of carboxylic acids is 1. The van der Waals surface area contributed by atoms with Gasteiger partial charge in [-0.15, -0.1) is 0 Å². The normalized spacial score (nSPS) is 17.8. The first-order chi connectivity index (χ1) is 14.9. The zero-order valence-electron chi connectivity index (χ0n) is 16.1. The van der Waals surface area contributed by atoms with Gasteiger partial charge in [-0.2, -0.15) is 0 Å². The first-order valence-electron chi connectivity index (χ1n) is 9.48. The number of carbonyl (C=O) groups excluding carboxylic acids is 1. The molecule has 0 saturated heterocycles. The Morgan fingerprint density at radius 1 is 1.06 bits per heavy atom. The molecule has 2 atom stereocenters. The molecule has 1 aliphatic rings. The first kappa shape index (κ1) is 20.6. The molecule has 0 spiro atoms. The number of aliphatic carboxylic acids is 1. The van der Waals surface area contributed by atoms with E-state index in [2.05, 4.69) is 0 Å². The Bertz CT molecular complexity index is 1180. The third-order valence-electron chi connectivity index (χ3n) is 5.39. The van der Waals surface area contributed by atoms with Gasteiger partial charge in [0.1, 0.15) is 5.92 Å². The van der Waals surface area contributed by atoms with Crippen LogP contribution in [0.25, 0.3) is 0 Å². The lowest BCUT2D eigenvalue weighted by Gasteiger charge is -2.40. The van der Waals surface area contributed by atoms with Crippen molar-refractivity contribution in [3.63, 3.8) is 0 Å². The molecule has 4 rings (SSSR count). The standard InChI is InChI=1S/C23H17ClN2O5/c24-16-10-8-14(9-11-16)13-25-21(15-4-3-5-17(12-15)26(30)31)20(23(28)29)18-6-1-2-7-19(18)22(25)27/h1-12,20-21H,13H2,(H,28,29)/t20-,21+/m0/s1. The molecule has 0 radical (unpaired) electrons. The number of benzene rings is 3. The summed E-state index contributed by atoms with van der Waals surface area (Å²) >= 11 is 5.96. The van der Waals surface area contributed by atoms with Crippen LogP contribution < -0.4 is 0 Å². The van der Waals surface area contributed by atoms with Crippen LogP contribution in [0.3, 0.4) is 0 Å². The SMILES string of the molecule is O=C(O)[C@H]1c2ccccc2C(=O)N(Cc2ccc(Cl)cc2)[C@@H]1c1cccc([N+](=O)[O-])c1. The van der Waals surface area contributed by atoms with Crippen LogP contribution in [0.15, 0.2) is 72.8 Å². The lowest BCUT2D eigenvalue weighted by molar-refractivity contribution is -0.385. The molecular weight excluding hydrogens is 420 g/mol. The van der Waals surface area contributed by atoms with Gasteiger partial charge in [-0.25, -0.2) is 0 Å². The summed E-state index contributed by atoms with van der Waals surface area (Å²) in [7, 11) is 0. The highest BCUT2D eigenvalue weighted by molar-refractivity contribution is 6.30. The van der Waals surface area contributed by atoms with E-state index < -0.39 is 22.9 Å². The van der Waals surface area contributed by atoms with Gasteiger partial charge in [0.25, 0.3) is 11.6 Å². The van der Waals surface area contributed by atoms with Gasteiger partial charge in [-0.1, -0.05) is 54.1 Å². The summed E-state index contributed by atoms with van der Waals surface area (Å²) in [6.07, 6.45) is 0. The number of nitro groups is 1. The molecule has 0 aromatic heterocycles. The molecule has 1 heterocycles. The summed E-state index contributed by atoms with van der Waals surface area (Å²) < 4.78 is 0. The Balaban J connectivity index is 1.89. The quantitative estimate of drug-likeness (QED) is 0.456. The van der Waals surface area contributed by atoms with Gasteiger partial charge in [0.2, 0.25) is 0 Å². The van der Waals surface area contributed by atoms with E-state index in [0.29, 0.717) is 21.7 Å². The lowest BCUT2D eigenvalue weighted by Crippen LogP contribution is -2.44. The predicted octanol–water partition coefficient (Wildman–Crippen LogP) is 4.81. The largest absolute Gasteiger partial charge is 0.481 e. The summed E-state index contributed by atoms with van der Waals surface area (Å²) in [4.78, 5) is 38.0. The van der Waals surface area contributed by atoms with E-state index in [0.717, 1.165) is 5.56 Å². The van der Waals surface area contributed by atoms with E-state index in [4.69, 9.17) is 11.6 Å². The topological polar surface area (TPSA) is 101 Å². The van der Waals surface area contributed by atoms with Crippen LogP contribution in [0.2, 0.25) is 5.02 Å². The smallest absolute Gasteiger partial charge is 0.313 e. The highest BCUT2D eigenvalue weighted by atomic mass is 35.5. The van der Waals surface area contributed by atoms with Gasteiger partial charge < -0.3 is 10.0 Å². The van der Waals surface area contributed by atoms with Crippen molar-refractivity contribution in [2.24, 2.45) is 0 Å². The number of fused-ring (bicyclic) bond motifs is 1. The number of hydrogen-bond acceptors (Lipinski definition) is 4. The number of amides is 1. The molecule has 0 bridgehead atoms. The number of non-ortho nitro benzene ring substituents is 1. The predicted molar refractivity (Wildman–Crippen MR) is 114 cm³/mol. The Hall–Kier alpha value is -3.71. The summed E-state index contributed by atoms with van der Waals surface area (Å²) in [6, 6.07) is 18.3. The van der Waals surface area contributed by atoms with Crippen molar-refractivity contribution in [2.75, 3.05) is 0 Å². The van der Waals surface area contributed by atoms with Crippen LogP contribution in [0.1, 0.15) is 39.0 Å². The molecule has 0 saturated carbocycles. The number of halogens is 1. The maximum absolute atomic E-state index is 13.4. The van der Waals surface area contributed by atoms with Gasteiger partial charge in [-0.05, 0) is 34.9 Å². The first-order valence-corrected chi connectivity index (χ1v) is 9.86. The van der Waals surface area contributed by atoms with Crippen molar-refractivity contribution < 1.29 is 19.6 Å². The van der Waals surface area contributed by atoms with Crippen molar-refractivity contribution in [3.05, 3.63) is 110 Å². The molecule has 8 heteroatoms. The number of rotatable bonds is 5. The minimum atomic E-state index is -1.11. The van der Waals surface area contributed by atoms with Gasteiger partial charge >= 0.3 is 5.97 Å². The Morgan fingerprint density at radius 3 is 2.45 bits per heavy atom. The van der Waals surface area contributed by atoms with E-state index in [1.54, 1.807) is 54.6 Å². The fourth-order valence-electron chi connectivity index (χ4n) is 4.01. The van der Waals surface area contributed by atoms with Crippen molar-refractivity contribution >= 4 is 29.2 Å². The molecule has 31 heavy (non-hydrogen) atoms. The zero-order valence-corrected chi connectivity index (χ0v) is 16.9. The molecular formula is C23H17ClN2O5. The monoisotopic (exact) mass is 436 g/mol. The van der Waals surface area contributed by atoms with Crippen molar-refractivity contribution in [1.82, 2.24) is 4.90 Å². The average molecular weight is 437 g/mol. The fourth-order valence-corrected chi connectivity index (χ4v) is 4.14. The van der Waals surface area contributed by atoms with Crippen molar-refractivity contribution in [2.45, 2.75) is 18.5 Å². The summed E-state index contributed by atoms with van der Waals surface area (Å²) in [5, 5.41) is 22.0. The third kappa shape index (κ3) is 3.87. The molecule has 0 aliphatic carbocycles. The Kier molecular flexibility index (Phi) is 5.44. The maximum Gasteiger partial charge on any atom is 0.313 e. The van der Waals surface area contributed by atoms with Crippen LogP contribution in [0.5, 0.6) is 0 Å². The maximum atomic E-state index is 13.4. The van der Waals surface area contributed by atoms with Crippen molar-refractivity contribution in [3.8, 4) is 0 Å². The van der Waals surface area contributed by atoms with Crippen LogP contribution in [0.4, 0.5) is 5.69 Å². The van der Waals surface area contributed by atoms with Gasteiger partial charge in [0, 0.05) is 29.3 Å². The van der Waals surface area contributed by atoms with Crippen LogP contribution in [-0.2, 0) is 11.3 Å². The second kappa shape index (κ2) is 8.20. The minimum absolute atomic E-state index is 0.126. The number of nitro benzene ring substituents is 1. The fraction of sp³-hybridized carbons (Fsp3) is 0.130. The molecule has 156 valence electrons. The molecule has 1 aliphatic heterocycles. The van der Waals surface area contributed by atoms with Gasteiger partial charge in [-0.3, -0.25) is 19.7 Å². The van der Waals surface area contributed by atoms with E-state index >= 15 is 0 Å². The van der Waals surface area contributed by atoms with Crippen LogP contribution in [-0.4, -0.2) is 26.8 Å². The summed E-state index contributed by atoms with van der Waals surface area (Å²) in [6.45, 7) is 0.126. The van der Waals surface area contributed by atoms with Crippen molar-refractivity contribution in [1.29, 1.82) is 0 Å². The van der Waals surface area contributed by atoms with Gasteiger partial charge in [0.05, 0.1) is 11.0 Å². The zero-order chi connectivity index (χ0) is 22.1. The number of carboxylic acid groups (broad SMARTS) is 1. The number of nitrogens with zero attached hydrogens (tertiary/aromatic N) is 2. The molecule has 1 N–H and O–H groups in total. The highest BCUT2D eigenvalue weighted by Gasteiger charge is 2.44. The molecule has 7 nitrogen and oxygen atoms in total. The van der Waals surface area contributed by atoms with E-state index in [9.17, 15) is 24.8 Å². The third-order valence-corrected chi connectivity index (χ3v) is 5.65. The lowest BCUT2D eigenvalue weighted by atomic mass is 9.79. The van der Waals surface area contributed by atoms with E-state index in [-0.39, 0.29) is 18.1 Å². The van der Waals surface area contributed by atoms with E-state index in [1.807, 2.05) is 0 Å². The molecule has 3 aromatic rings. The molecule has 1 amide bonds. The number of hydrogen-bond donors (Lipinski definition) is 1. The summed E-state index contributed by atoms with van der Waals surface area (Å²) in [5.41, 5.74) is 1.68.